The molecule has 0 bridgehead atoms. The van der Waals surface area contributed by atoms with Crippen LogP contribution in [0.4, 0.5) is 5.69 Å². The van der Waals surface area contributed by atoms with Crippen LogP contribution >= 0.6 is 11.8 Å². The van der Waals surface area contributed by atoms with Gasteiger partial charge in [0, 0.05) is 10.6 Å². The average Bonchev–Trinajstić information content (AvgIpc) is 2.84. The van der Waals surface area contributed by atoms with Gasteiger partial charge in [0.05, 0.1) is 12.2 Å². The Bertz CT molecular complexity index is 542. The summed E-state index contributed by atoms with van der Waals surface area (Å²) in [5, 5.41) is 7.07. The molecule has 1 aromatic heterocycles. The van der Waals surface area contributed by atoms with Gasteiger partial charge in [-0.2, -0.15) is 5.10 Å². The average molecular weight is 264 g/mol. The van der Waals surface area contributed by atoms with Gasteiger partial charge in [-0.25, -0.2) is 9.78 Å². The number of ether oxygens (including phenoxy) is 1. The summed E-state index contributed by atoms with van der Waals surface area (Å²) in [6, 6.07) is 5.08. The molecule has 1 aromatic carbocycles. The Labute approximate surface area is 108 Å². The minimum atomic E-state index is -0.396. The van der Waals surface area contributed by atoms with Gasteiger partial charge in [-0.15, -0.1) is 0 Å². The molecule has 18 heavy (non-hydrogen) atoms. The van der Waals surface area contributed by atoms with E-state index in [-0.39, 0.29) is 0 Å². The predicted molar refractivity (Wildman–Crippen MR) is 67.3 cm³/mol. The van der Waals surface area contributed by atoms with E-state index in [1.165, 1.54) is 18.1 Å². The summed E-state index contributed by atoms with van der Waals surface area (Å²) >= 11 is 1.30. The van der Waals surface area contributed by atoms with Crippen molar-refractivity contribution in [1.29, 1.82) is 0 Å². The maximum Gasteiger partial charge on any atom is 0.339 e. The quantitative estimate of drug-likeness (QED) is 0.645. The zero-order valence-electron chi connectivity index (χ0n) is 9.71. The Morgan fingerprint density at radius 1 is 1.56 bits per heavy atom. The third-order valence-electron chi connectivity index (χ3n) is 2.10. The standard InChI is InChI=1S/C11H12N4O2S/c1-2-17-10(16)8-5-7(12)3-4-9(8)18-11-13-6-14-15-11/h3-6H,2,12H2,1H3,(H,13,14,15). The lowest BCUT2D eigenvalue weighted by Gasteiger charge is -2.07. The topological polar surface area (TPSA) is 93.9 Å². The highest BCUT2D eigenvalue weighted by Gasteiger charge is 2.14. The summed E-state index contributed by atoms with van der Waals surface area (Å²) in [6.45, 7) is 2.08. The van der Waals surface area contributed by atoms with Crippen molar-refractivity contribution < 1.29 is 9.53 Å². The molecule has 0 spiro atoms. The van der Waals surface area contributed by atoms with E-state index in [2.05, 4.69) is 15.2 Å². The zero-order chi connectivity index (χ0) is 13.0. The number of hydrogen-bond donors (Lipinski definition) is 2. The van der Waals surface area contributed by atoms with E-state index < -0.39 is 5.97 Å². The number of nitrogen functional groups attached to an aromatic ring is 1. The fourth-order valence-corrected chi connectivity index (χ4v) is 2.15. The molecule has 0 atom stereocenters. The number of hydrogen-bond acceptors (Lipinski definition) is 6. The lowest BCUT2D eigenvalue weighted by molar-refractivity contribution is 0.0522. The maximum absolute atomic E-state index is 11.8. The lowest BCUT2D eigenvalue weighted by Crippen LogP contribution is -2.07. The van der Waals surface area contributed by atoms with Gasteiger partial charge in [0.15, 0.2) is 5.16 Å². The number of benzene rings is 1. The van der Waals surface area contributed by atoms with Crippen LogP contribution < -0.4 is 5.73 Å². The zero-order valence-corrected chi connectivity index (χ0v) is 10.5. The molecule has 0 saturated carbocycles. The molecule has 7 heteroatoms. The first-order chi connectivity index (χ1) is 8.70. The number of aromatic nitrogens is 3. The van der Waals surface area contributed by atoms with E-state index in [1.54, 1.807) is 25.1 Å². The highest BCUT2D eigenvalue weighted by Crippen LogP contribution is 2.29. The monoisotopic (exact) mass is 264 g/mol. The number of rotatable bonds is 4. The van der Waals surface area contributed by atoms with Crippen molar-refractivity contribution in [3.8, 4) is 0 Å². The number of carbonyl (C=O) groups excluding carboxylic acids is 1. The van der Waals surface area contributed by atoms with E-state index in [1.807, 2.05) is 0 Å². The molecule has 0 fully saturated rings. The van der Waals surface area contributed by atoms with E-state index in [9.17, 15) is 4.79 Å². The number of nitrogens with zero attached hydrogens (tertiary/aromatic N) is 2. The summed E-state index contributed by atoms with van der Waals surface area (Å²) in [6.07, 6.45) is 1.41. The maximum atomic E-state index is 11.8. The van der Waals surface area contributed by atoms with Crippen LogP contribution in [0.1, 0.15) is 17.3 Å². The van der Waals surface area contributed by atoms with Gasteiger partial charge in [-0.05, 0) is 36.9 Å². The minimum absolute atomic E-state index is 0.319. The highest BCUT2D eigenvalue weighted by molar-refractivity contribution is 7.99. The Morgan fingerprint density at radius 3 is 3.06 bits per heavy atom. The number of carbonyl (C=O) groups is 1. The first kappa shape index (κ1) is 12.4. The van der Waals surface area contributed by atoms with Crippen LogP contribution in [0.3, 0.4) is 0 Å². The van der Waals surface area contributed by atoms with E-state index in [0.717, 1.165) is 4.90 Å². The SMILES string of the molecule is CCOC(=O)c1cc(N)ccc1Sc1ncn[nH]1. The van der Waals surface area contributed by atoms with Gasteiger partial charge >= 0.3 is 5.97 Å². The second-order valence-electron chi connectivity index (χ2n) is 3.37. The van der Waals surface area contributed by atoms with Crippen LogP contribution in [0.5, 0.6) is 0 Å². The van der Waals surface area contributed by atoms with Crippen LogP contribution in [-0.2, 0) is 4.74 Å². The molecule has 6 nitrogen and oxygen atoms in total. The summed E-state index contributed by atoms with van der Waals surface area (Å²) in [5.74, 6) is -0.396. The summed E-state index contributed by atoms with van der Waals surface area (Å²) in [5.41, 5.74) is 6.62. The molecule has 3 N–H and O–H groups in total. The fraction of sp³-hybridized carbons (Fsp3) is 0.182. The van der Waals surface area contributed by atoms with Gasteiger partial charge in [-0.1, -0.05) is 0 Å². The summed E-state index contributed by atoms with van der Waals surface area (Å²) in [7, 11) is 0. The number of esters is 1. The van der Waals surface area contributed by atoms with Gasteiger partial charge in [-0.3, -0.25) is 5.10 Å². The first-order valence-corrected chi connectivity index (χ1v) is 6.12. The molecular formula is C11H12N4O2S. The Kier molecular flexibility index (Phi) is 3.83. The van der Waals surface area contributed by atoms with Crippen molar-refractivity contribution in [2.24, 2.45) is 0 Å². The summed E-state index contributed by atoms with van der Waals surface area (Å²) < 4.78 is 4.99. The number of anilines is 1. The third-order valence-corrected chi connectivity index (χ3v) is 3.06. The Hall–Kier alpha value is -2.02. The summed E-state index contributed by atoms with van der Waals surface area (Å²) in [4.78, 5) is 16.5. The fourth-order valence-electron chi connectivity index (χ4n) is 1.35. The molecule has 0 aliphatic heterocycles. The van der Waals surface area contributed by atoms with Crippen molar-refractivity contribution >= 4 is 23.4 Å². The van der Waals surface area contributed by atoms with E-state index in [0.29, 0.717) is 23.0 Å². The van der Waals surface area contributed by atoms with Crippen molar-refractivity contribution in [2.75, 3.05) is 12.3 Å². The van der Waals surface area contributed by atoms with Crippen LogP contribution in [0.25, 0.3) is 0 Å². The third kappa shape index (κ3) is 2.80. The molecule has 0 radical (unpaired) electrons. The molecule has 0 aliphatic rings. The van der Waals surface area contributed by atoms with Crippen LogP contribution in [0, 0.1) is 0 Å². The van der Waals surface area contributed by atoms with Crippen LogP contribution in [-0.4, -0.2) is 27.8 Å². The van der Waals surface area contributed by atoms with Crippen molar-refractivity contribution in [2.45, 2.75) is 17.0 Å². The molecule has 0 amide bonds. The first-order valence-electron chi connectivity index (χ1n) is 5.30. The van der Waals surface area contributed by atoms with Crippen molar-refractivity contribution in [3.05, 3.63) is 30.1 Å². The molecule has 2 aromatic rings. The highest BCUT2D eigenvalue weighted by atomic mass is 32.2. The van der Waals surface area contributed by atoms with Crippen molar-refractivity contribution in [1.82, 2.24) is 15.2 Å². The largest absolute Gasteiger partial charge is 0.462 e. The number of nitrogens with one attached hydrogen (secondary N) is 1. The van der Waals surface area contributed by atoms with E-state index >= 15 is 0 Å². The number of H-pyrrole nitrogens is 1. The molecule has 94 valence electrons. The molecule has 1 heterocycles. The van der Waals surface area contributed by atoms with E-state index in [4.69, 9.17) is 10.5 Å². The minimum Gasteiger partial charge on any atom is -0.462 e. The molecule has 0 unspecified atom stereocenters. The predicted octanol–water partition coefficient (Wildman–Crippen LogP) is 1.71. The normalized spacial score (nSPS) is 10.3. The smallest absolute Gasteiger partial charge is 0.339 e. The van der Waals surface area contributed by atoms with Crippen LogP contribution in [0.15, 0.2) is 34.6 Å². The van der Waals surface area contributed by atoms with Crippen molar-refractivity contribution in [3.63, 3.8) is 0 Å². The van der Waals surface area contributed by atoms with Crippen LogP contribution in [0.2, 0.25) is 0 Å². The van der Waals surface area contributed by atoms with Gasteiger partial charge in [0.1, 0.15) is 6.33 Å². The molecule has 2 rings (SSSR count). The number of nitrogens with two attached hydrogens (primary N) is 1. The molecule has 0 aliphatic carbocycles. The number of aromatic amines is 1. The second kappa shape index (κ2) is 5.54. The second-order valence-corrected chi connectivity index (χ2v) is 4.40. The Morgan fingerprint density at radius 2 is 2.39 bits per heavy atom. The van der Waals surface area contributed by atoms with Gasteiger partial charge in [0.25, 0.3) is 0 Å². The molecule has 0 saturated heterocycles. The van der Waals surface area contributed by atoms with Gasteiger partial charge < -0.3 is 10.5 Å². The van der Waals surface area contributed by atoms with Gasteiger partial charge in [0.2, 0.25) is 0 Å². The Balaban J connectivity index is 2.31. The lowest BCUT2D eigenvalue weighted by atomic mass is 10.2. The molecular weight excluding hydrogens is 252 g/mol.